The van der Waals surface area contributed by atoms with Crippen molar-refractivity contribution in [2.24, 2.45) is 0 Å². The largest absolute Gasteiger partial charge is 0.491 e. The smallest absolute Gasteiger partial charge is 0.142 e. The van der Waals surface area contributed by atoms with Crippen LogP contribution in [-0.2, 0) is 0 Å². The van der Waals surface area contributed by atoms with Crippen molar-refractivity contribution in [1.82, 2.24) is 0 Å². The van der Waals surface area contributed by atoms with Gasteiger partial charge in [0.2, 0.25) is 0 Å². The summed E-state index contributed by atoms with van der Waals surface area (Å²) in [5.74, 6) is 1.00. The Kier molecular flexibility index (Phi) is 4.09. The molecule has 1 aliphatic rings. The van der Waals surface area contributed by atoms with Gasteiger partial charge in [0.25, 0.3) is 0 Å². The van der Waals surface area contributed by atoms with Gasteiger partial charge in [-0.05, 0) is 37.8 Å². The summed E-state index contributed by atoms with van der Waals surface area (Å²) in [6.07, 6.45) is 6.25. The maximum Gasteiger partial charge on any atom is 0.142 e. The fourth-order valence-electron chi connectivity index (χ4n) is 1.81. The molecule has 88 valence electrons. The first-order valence-electron chi connectivity index (χ1n) is 6.38. The number of benzene rings is 1. The minimum absolute atomic E-state index is 0.663. The molecule has 0 aliphatic heterocycles. The van der Waals surface area contributed by atoms with Crippen LogP contribution in [0, 0.1) is 0 Å². The zero-order chi connectivity index (χ0) is 11.2. The zero-order valence-electron chi connectivity index (χ0n) is 10.0. The molecule has 0 radical (unpaired) electrons. The van der Waals surface area contributed by atoms with E-state index in [2.05, 4.69) is 30.4 Å². The van der Waals surface area contributed by atoms with Gasteiger partial charge in [0, 0.05) is 6.04 Å². The average molecular weight is 219 g/mol. The molecule has 1 aliphatic carbocycles. The van der Waals surface area contributed by atoms with E-state index in [9.17, 15) is 0 Å². The summed E-state index contributed by atoms with van der Waals surface area (Å²) < 4.78 is 5.78. The van der Waals surface area contributed by atoms with Crippen LogP contribution in [0.4, 0.5) is 5.69 Å². The standard InChI is InChI=1S/C14H21NO/c1-2-3-11-16-14-10-5-4-9-13(14)15-12-7-6-8-12/h4-5,9-10,12,15H,2-3,6-8,11H2,1H3. The summed E-state index contributed by atoms with van der Waals surface area (Å²) in [5, 5.41) is 3.55. The molecule has 0 bridgehead atoms. The molecule has 1 N–H and O–H groups in total. The van der Waals surface area contributed by atoms with Crippen LogP contribution in [0.2, 0.25) is 0 Å². The highest BCUT2D eigenvalue weighted by molar-refractivity contribution is 5.56. The maximum absolute atomic E-state index is 5.78. The summed E-state index contributed by atoms with van der Waals surface area (Å²) in [4.78, 5) is 0. The predicted octanol–water partition coefficient (Wildman–Crippen LogP) is 3.83. The number of hydrogen-bond acceptors (Lipinski definition) is 2. The minimum atomic E-state index is 0.663. The molecular weight excluding hydrogens is 198 g/mol. The number of para-hydroxylation sites is 2. The molecule has 0 unspecified atom stereocenters. The van der Waals surface area contributed by atoms with Crippen molar-refractivity contribution in [3.63, 3.8) is 0 Å². The number of nitrogens with one attached hydrogen (secondary N) is 1. The molecule has 16 heavy (non-hydrogen) atoms. The maximum atomic E-state index is 5.78. The molecule has 0 aromatic heterocycles. The normalized spacial score (nSPS) is 15.6. The second kappa shape index (κ2) is 5.78. The van der Waals surface area contributed by atoms with Crippen LogP contribution < -0.4 is 10.1 Å². The van der Waals surface area contributed by atoms with Crippen LogP contribution in [0.25, 0.3) is 0 Å². The Labute approximate surface area is 98.0 Å². The summed E-state index contributed by atoms with van der Waals surface area (Å²) in [5.41, 5.74) is 1.16. The Hall–Kier alpha value is -1.18. The molecule has 1 saturated carbocycles. The fourth-order valence-corrected chi connectivity index (χ4v) is 1.81. The third-order valence-corrected chi connectivity index (χ3v) is 3.11. The first-order valence-corrected chi connectivity index (χ1v) is 6.38. The van der Waals surface area contributed by atoms with Crippen molar-refractivity contribution >= 4 is 5.69 Å². The van der Waals surface area contributed by atoms with E-state index in [0.717, 1.165) is 24.5 Å². The van der Waals surface area contributed by atoms with Crippen molar-refractivity contribution in [1.29, 1.82) is 0 Å². The lowest BCUT2D eigenvalue weighted by molar-refractivity contribution is 0.310. The van der Waals surface area contributed by atoms with Gasteiger partial charge in [-0.3, -0.25) is 0 Å². The van der Waals surface area contributed by atoms with Crippen LogP contribution in [0.5, 0.6) is 5.75 Å². The van der Waals surface area contributed by atoms with Crippen LogP contribution in [0.1, 0.15) is 39.0 Å². The van der Waals surface area contributed by atoms with Crippen molar-refractivity contribution in [2.45, 2.75) is 45.1 Å². The number of ether oxygens (including phenoxy) is 1. The zero-order valence-corrected chi connectivity index (χ0v) is 10.0. The monoisotopic (exact) mass is 219 g/mol. The van der Waals surface area contributed by atoms with Gasteiger partial charge in [-0.25, -0.2) is 0 Å². The molecule has 1 fully saturated rings. The van der Waals surface area contributed by atoms with Gasteiger partial charge in [0.1, 0.15) is 5.75 Å². The molecule has 0 amide bonds. The van der Waals surface area contributed by atoms with Gasteiger partial charge in [-0.15, -0.1) is 0 Å². The Morgan fingerprint density at radius 2 is 2.12 bits per heavy atom. The number of rotatable bonds is 6. The number of unbranched alkanes of at least 4 members (excludes halogenated alkanes) is 1. The van der Waals surface area contributed by atoms with Crippen molar-refractivity contribution in [3.8, 4) is 5.75 Å². The molecule has 0 saturated heterocycles. The first-order chi connectivity index (χ1) is 7.90. The summed E-state index contributed by atoms with van der Waals surface area (Å²) in [6, 6.07) is 8.92. The quantitative estimate of drug-likeness (QED) is 0.734. The Morgan fingerprint density at radius 1 is 1.31 bits per heavy atom. The fraction of sp³-hybridized carbons (Fsp3) is 0.571. The van der Waals surface area contributed by atoms with Crippen LogP contribution in [0.3, 0.4) is 0 Å². The number of hydrogen-bond donors (Lipinski definition) is 1. The molecule has 0 spiro atoms. The van der Waals surface area contributed by atoms with Crippen LogP contribution in [-0.4, -0.2) is 12.6 Å². The topological polar surface area (TPSA) is 21.3 Å². The van der Waals surface area contributed by atoms with E-state index >= 15 is 0 Å². The molecule has 0 heterocycles. The van der Waals surface area contributed by atoms with Gasteiger partial charge in [-0.1, -0.05) is 25.5 Å². The SMILES string of the molecule is CCCCOc1ccccc1NC1CCC1. The van der Waals surface area contributed by atoms with Gasteiger partial charge in [-0.2, -0.15) is 0 Å². The Morgan fingerprint density at radius 3 is 2.81 bits per heavy atom. The van der Waals surface area contributed by atoms with Crippen molar-refractivity contribution in [3.05, 3.63) is 24.3 Å². The van der Waals surface area contributed by atoms with Crippen LogP contribution in [0.15, 0.2) is 24.3 Å². The minimum Gasteiger partial charge on any atom is -0.491 e. The molecule has 2 nitrogen and oxygen atoms in total. The molecule has 1 aromatic rings. The molecule has 2 rings (SSSR count). The van der Waals surface area contributed by atoms with E-state index < -0.39 is 0 Å². The third-order valence-electron chi connectivity index (χ3n) is 3.11. The molecular formula is C14H21NO. The van der Waals surface area contributed by atoms with E-state index in [-0.39, 0.29) is 0 Å². The van der Waals surface area contributed by atoms with Gasteiger partial charge in [0.15, 0.2) is 0 Å². The highest BCUT2D eigenvalue weighted by Gasteiger charge is 2.18. The molecule has 2 heteroatoms. The van der Waals surface area contributed by atoms with E-state index in [1.807, 2.05) is 6.07 Å². The average Bonchev–Trinajstić information content (AvgIpc) is 2.25. The number of anilines is 1. The van der Waals surface area contributed by atoms with E-state index in [0.29, 0.717) is 6.04 Å². The van der Waals surface area contributed by atoms with Gasteiger partial charge in [0.05, 0.1) is 12.3 Å². The van der Waals surface area contributed by atoms with E-state index in [1.165, 1.54) is 25.7 Å². The Bertz CT molecular complexity index is 320. The molecule has 1 aromatic carbocycles. The summed E-state index contributed by atoms with van der Waals surface area (Å²) >= 11 is 0. The highest BCUT2D eigenvalue weighted by atomic mass is 16.5. The second-order valence-electron chi connectivity index (χ2n) is 4.47. The van der Waals surface area contributed by atoms with E-state index in [4.69, 9.17) is 4.74 Å². The Balaban J connectivity index is 1.92. The first kappa shape index (κ1) is 11.3. The van der Waals surface area contributed by atoms with E-state index in [1.54, 1.807) is 0 Å². The molecule has 0 atom stereocenters. The predicted molar refractivity (Wildman–Crippen MR) is 68.1 cm³/mol. The lowest BCUT2D eigenvalue weighted by Crippen LogP contribution is -2.27. The highest BCUT2D eigenvalue weighted by Crippen LogP contribution is 2.29. The third kappa shape index (κ3) is 2.91. The van der Waals surface area contributed by atoms with Crippen molar-refractivity contribution in [2.75, 3.05) is 11.9 Å². The lowest BCUT2D eigenvalue weighted by atomic mass is 9.93. The lowest BCUT2D eigenvalue weighted by Gasteiger charge is -2.28. The van der Waals surface area contributed by atoms with Gasteiger partial charge < -0.3 is 10.1 Å². The second-order valence-corrected chi connectivity index (χ2v) is 4.47. The van der Waals surface area contributed by atoms with Gasteiger partial charge >= 0.3 is 0 Å². The summed E-state index contributed by atoms with van der Waals surface area (Å²) in [7, 11) is 0. The van der Waals surface area contributed by atoms with Crippen LogP contribution >= 0.6 is 0 Å². The van der Waals surface area contributed by atoms with Crippen molar-refractivity contribution < 1.29 is 4.74 Å². The summed E-state index contributed by atoms with van der Waals surface area (Å²) in [6.45, 7) is 3.00.